The van der Waals surface area contributed by atoms with Crippen molar-refractivity contribution in [1.82, 2.24) is 9.78 Å². The Hall–Kier alpha value is -3.09. The third-order valence-electron chi connectivity index (χ3n) is 2.91. The summed E-state index contributed by atoms with van der Waals surface area (Å²) in [6, 6.07) is 8.73. The maximum Gasteiger partial charge on any atom is 0.325 e. The summed E-state index contributed by atoms with van der Waals surface area (Å²) in [6.07, 6.45) is 2.87. The van der Waals surface area contributed by atoms with E-state index in [-0.39, 0.29) is 18.3 Å². The standard InChI is InChI=1S/C14H11N3O4/c18-13(19)7-17-6-5-12(16-17)15-14(20)10-8-21-11-4-2-1-3-9(10)11/h1-6,8H,7H2,(H,18,19)(H,15,16,20). The molecule has 3 aromatic rings. The van der Waals surface area contributed by atoms with Gasteiger partial charge in [0.1, 0.15) is 18.4 Å². The molecule has 0 aliphatic heterocycles. The highest BCUT2D eigenvalue weighted by molar-refractivity contribution is 6.11. The van der Waals surface area contributed by atoms with Crippen LogP contribution in [0.4, 0.5) is 5.82 Å². The molecule has 0 atom stereocenters. The molecule has 0 spiro atoms. The van der Waals surface area contributed by atoms with Crippen molar-refractivity contribution < 1.29 is 19.1 Å². The summed E-state index contributed by atoms with van der Waals surface area (Å²) in [5.74, 6) is -1.08. The highest BCUT2D eigenvalue weighted by atomic mass is 16.4. The molecule has 2 N–H and O–H groups in total. The van der Waals surface area contributed by atoms with E-state index in [2.05, 4.69) is 10.4 Å². The molecule has 7 heteroatoms. The van der Waals surface area contributed by atoms with E-state index < -0.39 is 5.97 Å². The zero-order valence-corrected chi connectivity index (χ0v) is 10.8. The smallest absolute Gasteiger partial charge is 0.325 e. The van der Waals surface area contributed by atoms with Gasteiger partial charge in [-0.1, -0.05) is 18.2 Å². The molecule has 0 unspecified atom stereocenters. The Morgan fingerprint density at radius 2 is 2.10 bits per heavy atom. The topological polar surface area (TPSA) is 97.4 Å². The number of carboxylic acid groups (broad SMARTS) is 1. The SMILES string of the molecule is O=C(O)Cn1ccc(NC(=O)c2coc3ccccc23)n1. The molecule has 0 aliphatic rings. The Bertz CT molecular complexity index is 818. The second-order valence-electron chi connectivity index (χ2n) is 4.39. The molecule has 2 heterocycles. The van der Waals surface area contributed by atoms with Gasteiger partial charge in [-0.3, -0.25) is 14.3 Å². The quantitative estimate of drug-likeness (QED) is 0.763. The van der Waals surface area contributed by atoms with Gasteiger partial charge in [-0.05, 0) is 6.07 Å². The predicted molar refractivity (Wildman–Crippen MR) is 74.0 cm³/mol. The Labute approximate surface area is 118 Å². The fourth-order valence-corrected chi connectivity index (χ4v) is 1.99. The Morgan fingerprint density at radius 3 is 2.90 bits per heavy atom. The highest BCUT2D eigenvalue weighted by Crippen LogP contribution is 2.21. The van der Waals surface area contributed by atoms with Gasteiger partial charge < -0.3 is 14.8 Å². The number of rotatable bonds is 4. The maximum absolute atomic E-state index is 12.2. The summed E-state index contributed by atoms with van der Waals surface area (Å²) < 4.78 is 6.53. The number of aromatic nitrogens is 2. The van der Waals surface area contributed by atoms with Gasteiger partial charge in [0.15, 0.2) is 5.82 Å². The number of fused-ring (bicyclic) bond motifs is 1. The molecule has 106 valence electrons. The first kappa shape index (κ1) is 12.9. The number of hydrogen-bond donors (Lipinski definition) is 2. The number of nitrogens with one attached hydrogen (secondary N) is 1. The molecule has 3 rings (SSSR count). The number of carboxylic acids is 1. The van der Waals surface area contributed by atoms with Crippen molar-refractivity contribution in [3.8, 4) is 0 Å². The summed E-state index contributed by atoms with van der Waals surface area (Å²) in [4.78, 5) is 22.8. The van der Waals surface area contributed by atoms with Crippen LogP contribution in [0.2, 0.25) is 0 Å². The van der Waals surface area contributed by atoms with E-state index in [1.54, 1.807) is 12.1 Å². The van der Waals surface area contributed by atoms with Crippen molar-refractivity contribution in [1.29, 1.82) is 0 Å². The third kappa shape index (κ3) is 2.62. The summed E-state index contributed by atoms with van der Waals surface area (Å²) in [5.41, 5.74) is 1.03. The number of aliphatic carboxylic acids is 1. The first-order valence-electron chi connectivity index (χ1n) is 6.16. The first-order valence-corrected chi connectivity index (χ1v) is 6.16. The van der Waals surface area contributed by atoms with Gasteiger partial charge in [0.2, 0.25) is 0 Å². The predicted octanol–water partition coefficient (Wildman–Crippen LogP) is 1.97. The molecule has 0 saturated carbocycles. The van der Waals surface area contributed by atoms with Crippen LogP contribution in [0.5, 0.6) is 0 Å². The van der Waals surface area contributed by atoms with Gasteiger partial charge in [-0.2, -0.15) is 5.10 Å². The largest absolute Gasteiger partial charge is 0.480 e. The van der Waals surface area contributed by atoms with Crippen molar-refractivity contribution in [3.05, 3.63) is 48.4 Å². The number of amides is 1. The van der Waals surface area contributed by atoms with E-state index >= 15 is 0 Å². The van der Waals surface area contributed by atoms with Gasteiger partial charge in [0.05, 0.1) is 5.56 Å². The van der Waals surface area contributed by atoms with E-state index in [0.717, 1.165) is 0 Å². The van der Waals surface area contributed by atoms with Crippen LogP contribution in [0.15, 0.2) is 47.2 Å². The summed E-state index contributed by atoms with van der Waals surface area (Å²) >= 11 is 0. The van der Waals surface area contributed by atoms with Crippen molar-refractivity contribution in [2.45, 2.75) is 6.54 Å². The minimum absolute atomic E-state index is 0.259. The first-order chi connectivity index (χ1) is 10.1. The van der Waals surface area contributed by atoms with Crippen LogP contribution >= 0.6 is 0 Å². The molecule has 21 heavy (non-hydrogen) atoms. The van der Waals surface area contributed by atoms with Crippen LogP contribution in [0.3, 0.4) is 0 Å². The molecule has 7 nitrogen and oxygen atoms in total. The monoisotopic (exact) mass is 285 g/mol. The van der Waals surface area contributed by atoms with Gasteiger partial charge in [-0.15, -0.1) is 0 Å². The maximum atomic E-state index is 12.2. The third-order valence-corrected chi connectivity index (χ3v) is 2.91. The number of benzene rings is 1. The van der Waals surface area contributed by atoms with E-state index in [0.29, 0.717) is 16.5 Å². The highest BCUT2D eigenvalue weighted by Gasteiger charge is 2.14. The van der Waals surface area contributed by atoms with E-state index in [9.17, 15) is 9.59 Å². The Balaban J connectivity index is 1.80. The van der Waals surface area contributed by atoms with Crippen molar-refractivity contribution in [2.75, 3.05) is 5.32 Å². The van der Waals surface area contributed by atoms with Gasteiger partial charge in [0, 0.05) is 17.6 Å². The number of para-hydroxylation sites is 1. The lowest BCUT2D eigenvalue weighted by Gasteiger charge is -2.00. The molecule has 0 fully saturated rings. The number of hydrogen-bond acceptors (Lipinski definition) is 4. The Kier molecular flexibility index (Phi) is 3.15. The van der Waals surface area contributed by atoms with Gasteiger partial charge in [0.25, 0.3) is 5.91 Å². The van der Waals surface area contributed by atoms with Crippen LogP contribution in [0.25, 0.3) is 11.0 Å². The van der Waals surface area contributed by atoms with E-state index in [1.807, 2.05) is 12.1 Å². The minimum atomic E-state index is -1.00. The summed E-state index contributed by atoms with van der Waals surface area (Å²) in [6.45, 7) is -0.259. The van der Waals surface area contributed by atoms with Crippen molar-refractivity contribution >= 4 is 28.7 Å². The lowest BCUT2D eigenvalue weighted by molar-refractivity contribution is -0.137. The van der Waals surface area contributed by atoms with Crippen LogP contribution in [0.1, 0.15) is 10.4 Å². The number of carbonyl (C=O) groups is 2. The van der Waals surface area contributed by atoms with Gasteiger partial charge in [-0.25, -0.2) is 0 Å². The molecule has 1 amide bonds. The average Bonchev–Trinajstić information content (AvgIpc) is 3.04. The molecular formula is C14H11N3O4. The van der Waals surface area contributed by atoms with Crippen LogP contribution < -0.4 is 5.32 Å². The van der Waals surface area contributed by atoms with E-state index in [1.165, 1.54) is 23.2 Å². The molecule has 0 radical (unpaired) electrons. The molecule has 2 aromatic heterocycles. The number of furan rings is 1. The van der Waals surface area contributed by atoms with Gasteiger partial charge >= 0.3 is 5.97 Å². The van der Waals surface area contributed by atoms with Crippen LogP contribution in [0, 0.1) is 0 Å². The fraction of sp³-hybridized carbons (Fsp3) is 0.0714. The molecule has 0 bridgehead atoms. The molecule has 0 aliphatic carbocycles. The minimum Gasteiger partial charge on any atom is -0.480 e. The van der Waals surface area contributed by atoms with Crippen molar-refractivity contribution in [3.63, 3.8) is 0 Å². The molecular weight excluding hydrogens is 274 g/mol. The molecule has 0 saturated heterocycles. The average molecular weight is 285 g/mol. The fourth-order valence-electron chi connectivity index (χ4n) is 1.99. The lowest BCUT2D eigenvalue weighted by atomic mass is 10.1. The Morgan fingerprint density at radius 1 is 1.29 bits per heavy atom. The van der Waals surface area contributed by atoms with Crippen LogP contribution in [-0.4, -0.2) is 26.8 Å². The number of anilines is 1. The zero-order valence-electron chi connectivity index (χ0n) is 10.8. The molecule has 1 aromatic carbocycles. The normalized spacial score (nSPS) is 10.7. The number of carbonyl (C=O) groups excluding carboxylic acids is 1. The van der Waals surface area contributed by atoms with Crippen molar-refractivity contribution in [2.24, 2.45) is 0 Å². The summed E-state index contributed by atoms with van der Waals surface area (Å²) in [7, 11) is 0. The zero-order chi connectivity index (χ0) is 14.8. The number of nitrogens with zero attached hydrogens (tertiary/aromatic N) is 2. The second kappa shape index (κ2) is 5.12. The second-order valence-corrected chi connectivity index (χ2v) is 4.39. The van der Waals surface area contributed by atoms with Crippen LogP contribution in [-0.2, 0) is 11.3 Å². The lowest BCUT2D eigenvalue weighted by Crippen LogP contribution is -2.13. The van der Waals surface area contributed by atoms with E-state index in [4.69, 9.17) is 9.52 Å². The summed E-state index contributed by atoms with van der Waals surface area (Å²) in [5, 5.41) is 15.9.